The molecule has 2 aromatic rings. The number of piperazine rings is 1. The van der Waals surface area contributed by atoms with Crippen LogP contribution < -0.4 is 10.2 Å². The Balaban J connectivity index is 1.53. The highest BCUT2D eigenvalue weighted by atomic mass is 32.1. The number of nitrogens with zero attached hydrogens (tertiary/aromatic N) is 3. The molecule has 0 bridgehead atoms. The van der Waals surface area contributed by atoms with E-state index >= 15 is 0 Å². The van der Waals surface area contributed by atoms with Gasteiger partial charge in [-0.25, -0.2) is 4.39 Å². The van der Waals surface area contributed by atoms with Gasteiger partial charge in [0.05, 0.1) is 5.00 Å². The van der Waals surface area contributed by atoms with Gasteiger partial charge in [-0.2, -0.15) is 0 Å². The summed E-state index contributed by atoms with van der Waals surface area (Å²) in [4.78, 5) is 9.02. The van der Waals surface area contributed by atoms with E-state index in [0.717, 1.165) is 37.7 Å². The van der Waals surface area contributed by atoms with Crippen molar-refractivity contribution < 1.29 is 4.39 Å². The number of hydrogen-bond donors (Lipinski definition) is 1. The van der Waals surface area contributed by atoms with Crippen molar-refractivity contribution in [2.75, 3.05) is 38.1 Å². The van der Waals surface area contributed by atoms with E-state index in [9.17, 15) is 4.39 Å². The lowest BCUT2D eigenvalue weighted by atomic mass is 10.2. The summed E-state index contributed by atoms with van der Waals surface area (Å²) >= 11 is 1.78. The van der Waals surface area contributed by atoms with E-state index in [-0.39, 0.29) is 5.82 Å². The van der Waals surface area contributed by atoms with Crippen molar-refractivity contribution in [3.8, 4) is 0 Å². The molecular formula is C17H21FN4S. The SMILES string of the molecule is CN=C(NCc1cccc(F)c1)N1CCN(c2cccs2)CC1. The summed E-state index contributed by atoms with van der Waals surface area (Å²) < 4.78 is 13.2. The Labute approximate surface area is 140 Å². The summed E-state index contributed by atoms with van der Waals surface area (Å²) in [7, 11) is 1.79. The quantitative estimate of drug-likeness (QED) is 0.693. The summed E-state index contributed by atoms with van der Waals surface area (Å²) in [5, 5.41) is 6.76. The number of benzene rings is 1. The predicted octanol–water partition coefficient (Wildman–Crippen LogP) is 2.78. The minimum Gasteiger partial charge on any atom is -0.360 e. The Kier molecular flexibility index (Phi) is 5.12. The first-order valence-electron chi connectivity index (χ1n) is 7.75. The standard InChI is InChI=1S/C17H21FN4S/c1-19-17(20-13-14-4-2-5-15(18)12-14)22-9-7-21(8-10-22)16-6-3-11-23-16/h2-6,11-12H,7-10,13H2,1H3,(H,19,20). The zero-order valence-corrected chi connectivity index (χ0v) is 14.0. The second-order valence-corrected chi connectivity index (χ2v) is 6.38. The molecule has 1 aliphatic rings. The predicted molar refractivity (Wildman–Crippen MR) is 94.7 cm³/mol. The first kappa shape index (κ1) is 15.8. The third-order valence-electron chi connectivity index (χ3n) is 3.95. The molecule has 3 rings (SSSR count). The first-order chi connectivity index (χ1) is 11.3. The van der Waals surface area contributed by atoms with Crippen LogP contribution >= 0.6 is 11.3 Å². The average molecular weight is 332 g/mol. The van der Waals surface area contributed by atoms with Gasteiger partial charge in [0, 0.05) is 39.8 Å². The van der Waals surface area contributed by atoms with Gasteiger partial charge >= 0.3 is 0 Å². The van der Waals surface area contributed by atoms with Crippen LogP contribution in [-0.2, 0) is 6.54 Å². The lowest BCUT2D eigenvalue weighted by molar-refractivity contribution is 0.373. The second-order valence-electron chi connectivity index (χ2n) is 5.46. The van der Waals surface area contributed by atoms with Gasteiger partial charge < -0.3 is 15.1 Å². The van der Waals surface area contributed by atoms with Gasteiger partial charge in [0.1, 0.15) is 5.82 Å². The molecule has 2 heterocycles. The molecule has 0 spiro atoms. The number of halogens is 1. The molecule has 6 heteroatoms. The van der Waals surface area contributed by atoms with Crippen LogP contribution in [0, 0.1) is 5.82 Å². The fourth-order valence-electron chi connectivity index (χ4n) is 2.75. The number of nitrogens with one attached hydrogen (secondary N) is 1. The molecule has 1 aromatic carbocycles. The average Bonchev–Trinajstić information content (AvgIpc) is 3.11. The first-order valence-corrected chi connectivity index (χ1v) is 8.63. The Bertz CT molecular complexity index is 648. The molecular weight excluding hydrogens is 311 g/mol. The van der Waals surface area contributed by atoms with E-state index in [0.29, 0.717) is 6.54 Å². The maximum atomic E-state index is 13.2. The van der Waals surface area contributed by atoms with Gasteiger partial charge in [0.2, 0.25) is 0 Å². The van der Waals surface area contributed by atoms with E-state index in [1.54, 1.807) is 30.5 Å². The summed E-state index contributed by atoms with van der Waals surface area (Å²) in [6.45, 7) is 4.42. The zero-order chi connectivity index (χ0) is 16.1. The van der Waals surface area contributed by atoms with Crippen LogP contribution in [0.25, 0.3) is 0 Å². The van der Waals surface area contributed by atoms with Crippen LogP contribution in [0.5, 0.6) is 0 Å². The second kappa shape index (κ2) is 7.46. The van der Waals surface area contributed by atoms with Gasteiger partial charge in [-0.3, -0.25) is 4.99 Å². The Morgan fingerprint density at radius 2 is 2.04 bits per heavy atom. The van der Waals surface area contributed by atoms with Crippen molar-refractivity contribution in [1.82, 2.24) is 10.2 Å². The highest BCUT2D eigenvalue weighted by Gasteiger charge is 2.20. The van der Waals surface area contributed by atoms with Gasteiger partial charge in [0.15, 0.2) is 5.96 Å². The van der Waals surface area contributed by atoms with Gasteiger partial charge in [-0.1, -0.05) is 12.1 Å². The summed E-state index contributed by atoms with van der Waals surface area (Å²) in [6, 6.07) is 10.9. The lowest BCUT2D eigenvalue weighted by Gasteiger charge is -2.37. The van der Waals surface area contributed by atoms with Crippen LogP contribution in [0.4, 0.5) is 9.39 Å². The maximum absolute atomic E-state index is 13.2. The number of thiophene rings is 1. The van der Waals surface area contributed by atoms with Crippen LogP contribution in [0.2, 0.25) is 0 Å². The highest BCUT2D eigenvalue weighted by molar-refractivity contribution is 7.14. The van der Waals surface area contributed by atoms with Crippen LogP contribution in [0.3, 0.4) is 0 Å². The van der Waals surface area contributed by atoms with Crippen molar-refractivity contribution in [1.29, 1.82) is 0 Å². The molecule has 1 N–H and O–H groups in total. The number of aliphatic imine (C=N–C) groups is 1. The third kappa shape index (κ3) is 4.01. The van der Waals surface area contributed by atoms with Crippen molar-refractivity contribution in [2.24, 2.45) is 4.99 Å². The lowest BCUT2D eigenvalue weighted by Crippen LogP contribution is -2.52. The Morgan fingerprint density at radius 1 is 1.22 bits per heavy atom. The minimum absolute atomic E-state index is 0.205. The van der Waals surface area contributed by atoms with Gasteiger partial charge in [-0.15, -0.1) is 11.3 Å². The largest absolute Gasteiger partial charge is 0.360 e. The molecule has 122 valence electrons. The molecule has 23 heavy (non-hydrogen) atoms. The third-order valence-corrected chi connectivity index (χ3v) is 4.88. The van der Waals surface area contributed by atoms with Crippen LogP contribution in [0.15, 0.2) is 46.8 Å². The zero-order valence-electron chi connectivity index (χ0n) is 13.2. The monoisotopic (exact) mass is 332 g/mol. The molecule has 1 fully saturated rings. The number of guanidine groups is 1. The summed E-state index contributed by atoms with van der Waals surface area (Å²) in [5.74, 6) is 0.670. The highest BCUT2D eigenvalue weighted by Crippen LogP contribution is 2.22. The molecule has 0 unspecified atom stereocenters. The van der Waals surface area contributed by atoms with Crippen LogP contribution in [0.1, 0.15) is 5.56 Å². The molecule has 0 radical (unpaired) electrons. The number of rotatable bonds is 3. The molecule has 1 aromatic heterocycles. The van der Waals surface area contributed by atoms with Crippen molar-refractivity contribution in [3.05, 3.63) is 53.2 Å². The molecule has 0 aliphatic carbocycles. The van der Waals surface area contributed by atoms with Gasteiger partial charge in [0.25, 0.3) is 0 Å². The molecule has 1 aliphatic heterocycles. The number of anilines is 1. The Hall–Kier alpha value is -2.08. The van der Waals surface area contributed by atoms with Crippen molar-refractivity contribution in [3.63, 3.8) is 0 Å². The normalized spacial score (nSPS) is 15.8. The van der Waals surface area contributed by atoms with Gasteiger partial charge in [-0.05, 0) is 35.2 Å². The molecule has 1 saturated heterocycles. The maximum Gasteiger partial charge on any atom is 0.194 e. The molecule has 0 saturated carbocycles. The van der Waals surface area contributed by atoms with E-state index < -0.39 is 0 Å². The molecule has 0 atom stereocenters. The van der Waals surface area contributed by atoms with E-state index in [1.807, 2.05) is 6.07 Å². The number of hydrogen-bond acceptors (Lipinski definition) is 3. The van der Waals surface area contributed by atoms with Crippen LogP contribution in [-0.4, -0.2) is 44.1 Å². The summed E-state index contributed by atoms with van der Waals surface area (Å²) in [5.41, 5.74) is 0.920. The van der Waals surface area contributed by atoms with E-state index in [1.165, 1.54) is 11.1 Å². The summed E-state index contributed by atoms with van der Waals surface area (Å²) in [6.07, 6.45) is 0. The fourth-order valence-corrected chi connectivity index (χ4v) is 3.53. The molecule has 0 amide bonds. The fraction of sp³-hybridized carbons (Fsp3) is 0.353. The van der Waals surface area contributed by atoms with E-state index in [2.05, 4.69) is 37.6 Å². The van der Waals surface area contributed by atoms with Crippen molar-refractivity contribution in [2.45, 2.75) is 6.54 Å². The van der Waals surface area contributed by atoms with Crippen molar-refractivity contribution >= 4 is 22.3 Å². The minimum atomic E-state index is -0.205. The smallest absolute Gasteiger partial charge is 0.194 e. The molecule has 4 nitrogen and oxygen atoms in total. The Morgan fingerprint density at radius 3 is 2.70 bits per heavy atom. The van der Waals surface area contributed by atoms with E-state index in [4.69, 9.17) is 0 Å². The topological polar surface area (TPSA) is 30.9 Å².